The van der Waals surface area contributed by atoms with Gasteiger partial charge >= 0.3 is 10.2 Å². The number of halogens is 1. The lowest BCUT2D eigenvalue weighted by molar-refractivity contribution is -0.117. The molecule has 2 amide bonds. The van der Waals surface area contributed by atoms with Crippen LogP contribution in [0.3, 0.4) is 0 Å². The number of amides is 2. The minimum atomic E-state index is -4.31. The number of fused-ring (bicyclic) bond motifs is 1. The highest BCUT2D eigenvalue weighted by Crippen LogP contribution is 2.40. The Morgan fingerprint density at radius 2 is 1.91 bits per heavy atom. The molecule has 8 nitrogen and oxygen atoms in total. The number of carbonyl (C=O) groups is 2. The first-order chi connectivity index (χ1) is 16.2. The second kappa shape index (κ2) is 9.61. The Morgan fingerprint density at radius 1 is 1.18 bits per heavy atom. The van der Waals surface area contributed by atoms with Gasteiger partial charge in [0.15, 0.2) is 5.82 Å². The third kappa shape index (κ3) is 4.86. The maximum absolute atomic E-state index is 16.0. The predicted octanol–water partition coefficient (Wildman–Crippen LogP) is 3.02. The van der Waals surface area contributed by atoms with E-state index < -0.39 is 40.1 Å². The highest BCUT2D eigenvalue weighted by atomic mass is 32.2. The van der Waals surface area contributed by atoms with Gasteiger partial charge in [-0.2, -0.15) is 8.42 Å². The number of carbonyl (C=O) groups excluding carboxylic acids is 2. The Bertz CT molecular complexity index is 1200. The molecule has 4 rings (SSSR count). The summed E-state index contributed by atoms with van der Waals surface area (Å²) in [5.74, 6) is -1.78. The lowest BCUT2D eigenvalue weighted by Crippen LogP contribution is -2.40. The summed E-state index contributed by atoms with van der Waals surface area (Å²) in [6.07, 6.45) is 2.16. The second-order valence-corrected chi connectivity index (χ2v) is 10.6. The van der Waals surface area contributed by atoms with Gasteiger partial charge in [0.1, 0.15) is 24.6 Å². The van der Waals surface area contributed by atoms with Crippen LogP contribution in [0.2, 0.25) is 0 Å². The second-order valence-electron chi connectivity index (χ2n) is 8.96. The molecular formula is C24H28FN3O5S. The van der Waals surface area contributed by atoms with E-state index in [0.717, 1.165) is 18.4 Å². The molecule has 2 aromatic carbocycles. The van der Waals surface area contributed by atoms with E-state index in [4.69, 9.17) is 4.74 Å². The molecule has 2 aromatic rings. The van der Waals surface area contributed by atoms with Crippen LogP contribution in [0.15, 0.2) is 36.4 Å². The van der Waals surface area contributed by atoms with Crippen LogP contribution >= 0.6 is 0 Å². The number of benzene rings is 2. The van der Waals surface area contributed by atoms with E-state index in [2.05, 4.69) is 13.8 Å². The lowest BCUT2D eigenvalue weighted by atomic mass is 9.96. The number of hydrogen-bond acceptors (Lipinski definition) is 5. The summed E-state index contributed by atoms with van der Waals surface area (Å²) < 4.78 is 49.4. The van der Waals surface area contributed by atoms with Crippen molar-refractivity contribution in [1.82, 2.24) is 9.62 Å². The molecule has 0 radical (unpaired) electrons. The van der Waals surface area contributed by atoms with Gasteiger partial charge in [-0.3, -0.25) is 9.59 Å². The molecule has 0 saturated carbocycles. The molecule has 34 heavy (non-hydrogen) atoms. The smallest absolute Gasteiger partial charge is 0.326 e. The third-order valence-electron chi connectivity index (χ3n) is 5.96. The van der Waals surface area contributed by atoms with E-state index in [1.165, 1.54) is 6.07 Å². The van der Waals surface area contributed by atoms with Crippen molar-refractivity contribution >= 4 is 27.7 Å². The van der Waals surface area contributed by atoms with Crippen LogP contribution in [0.1, 0.15) is 48.2 Å². The topological polar surface area (TPSA) is 96.0 Å². The molecule has 1 saturated heterocycles. The van der Waals surface area contributed by atoms with Crippen molar-refractivity contribution in [2.24, 2.45) is 5.92 Å². The van der Waals surface area contributed by atoms with E-state index in [0.29, 0.717) is 35.3 Å². The minimum Gasteiger partial charge on any atom is -0.487 e. The fourth-order valence-electron chi connectivity index (χ4n) is 4.24. The van der Waals surface area contributed by atoms with Crippen molar-refractivity contribution in [3.63, 3.8) is 0 Å². The monoisotopic (exact) mass is 489 g/mol. The molecule has 10 heteroatoms. The SMILES string of the molecule is CC(C)CCCN1CCc2cc(OCc3ccccc3)c(N3CC(=O)NS3(=O)=O)c(F)c2C1=O. The van der Waals surface area contributed by atoms with E-state index >= 15 is 4.39 Å². The summed E-state index contributed by atoms with van der Waals surface area (Å²) in [7, 11) is -4.31. The van der Waals surface area contributed by atoms with Gasteiger partial charge in [0.05, 0.1) is 5.56 Å². The highest BCUT2D eigenvalue weighted by Gasteiger charge is 2.40. The van der Waals surface area contributed by atoms with Gasteiger partial charge in [0.2, 0.25) is 0 Å². The number of anilines is 1. The number of nitrogens with zero attached hydrogens (tertiary/aromatic N) is 2. The molecule has 2 heterocycles. The highest BCUT2D eigenvalue weighted by molar-refractivity contribution is 7.92. The van der Waals surface area contributed by atoms with Gasteiger partial charge in [-0.15, -0.1) is 0 Å². The predicted molar refractivity (Wildman–Crippen MR) is 125 cm³/mol. The standard InChI is InChI=1S/C24H28FN3O5S/c1-16(2)7-6-11-27-12-10-18-13-19(33-15-17-8-4-3-5-9-17)23(22(25)21(18)24(27)30)28-14-20(29)26-34(28,31)32/h3-5,8-9,13,16H,6-7,10-12,14-15H2,1-2H3,(H,26,29). The lowest BCUT2D eigenvalue weighted by Gasteiger charge is -2.31. The average molecular weight is 490 g/mol. The quantitative estimate of drug-likeness (QED) is 0.615. The Balaban J connectivity index is 1.72. The first kappa shape index (κ1) is 24.0. The zero-order valence-electron chi connectivity index (χ0n) is 19.2. The molecule has 0 aromatic heterocycles. The molecule has 182 valence electrons. The van der Waals surface area contributed by atoms with E-state index in [1.807, 2.05) is 35.1 Å². The van der Waals surface area contributed by atoms with Gasteiger partial charge in [-0.25, -0.2) is 13.4 Å². The molecule has 0 aliphatic carbocycles. The molecular weight excluding hydrogens is 461 g/mol. The van der Waals surface area contributed by atoms with Gasteiger partial charge in [-0.1, -0.05) is 44.2 Å². The fourth-order valence-corrected chi connectivity index (χ4v) is 5.40. The molecule has 2 aliphatic rings. The zero-order chi connectivity index (χ0) is 24.5. The van der Waals surface area contributed by atoms with Crippen LogP contribution in [0.5, 0.6) is 5.75 Å². The number of nitrogens with one attached hydrogen (secondary N) is 1. The van der Waals surface area contributed by atoms with Crippen LogP contribution in [0.4, 0.5) is 10.1 Å². The summed E-state index contributed by atoms with van der Waals surface area (Å²) in [4.78, 5) is 26.6. The van der Waals surface area contributed by atoms with Crippen LogP contribution in [-0.2, 0) is 28.0 Å². The summed E-state index contributed by atoms with van der Waals surface area (Å²) in [5.41, 5.74) is 0.681. The maximum atomic E-state index is 16.0. The van der Waals surface area contributed by atoms with E-state index in [-0.39, 0.29) is 17.9 Å². The van der Waals surface area contributed by atoms with Crippen molar-refractivity contribution in [2.75, 3.05) is 23.9 Å². The Kier molecular flexibility index (Phi) is 6.79. The van der Waals surface area contributed by atoms with Crippen LogP contribution in [0, 0.1) is 11.7 Å². The van der Waals surface area contributed by atoms with E-state index in [1.54, 1.807) is 4.90 Å². The Morgan fingerprint density at radius 3 is 2.56 bits per heavy atom. The van der Waals surface area contributed by atoms with Gasteiger partial charge in [0.25, 0.3) is 11.8 Å². The van der Waals surface area contributed by atoms with Crippen LogP contribution in [-0.4, -0.2) is 44.8 Å². The van der Waals surface area contributed by atoms with Gasteiger partial charge < -0.3 is 9.64 Å². The minimum absolute atomic E-state index is 0.0266. The summed E-state index contributed by atoms with van der Waals surface area (Å²) in [5, 5.41) is 0. The van der Waals surface area contributed by atoms with Gasteiger partial charge in [0, 0.05) is 13.1 Å². The maximum Gasteiger partial charge on any atom is 0.326 e. The van der Waals surface area contributed by atoms with Crippen LogP contribution < -0.4 is 13.8 Å². The van der Waals surface area contributed by atoms with E-state index in [9.17, 15) is 18.0 Å². The average Bonchev–Trinajstić information content (AvgIpc) is 3.05. The summed E-state index contributed by atoms with van der Waals surface area (Å²) in [6, 6.07) is 10.7. The molecule has 0 atom stereocenters. The van der Waals surface area contributed by atoms with Crippen molar-refractivity contribution in [3.05, 3.63) is 58.9 Å². The molecule has 2 aliphatic heterocycles. The molecule has 1 N–H and O–H groups in total. The number of hydrogen-bond donors (Lipinski definition) is 1. The summed E-state index contributed by atoms with van der Waals surface area (Å²) >= 11 is 0. The summed E-state index contributed by atoms with van der Waals surface area (Å²) in [6.45, 7) is 4.62. The van der Waals surface area contributed by atoms with Crippen molar-refractivity contribution < 1.29 is 27.1 Å². The number of rotatable bonds is 8. The molecule has 0 bridgehead atoms. The fraction of sp³-hybridized carbons (Fsp3) is 0.417. The van der Waals surface area contributed by atoms with Crippen LogP contribution in [0.25, 0.3) is 0 Å². The van der Waals surface area contributed by atoms with Crippen molar-refractivity contribution in [3.8, 4) is 5.75 Å². The Hall–Kier alpha value is -3.14. The normalized spacial score (nSPS) is 17.2. The first-order valence-corrected chi connectivity index (χ1v) is 12.8. The third-order valence-corrected chi connectivity index (χ3v) is 7.33. The number of ether oxygens (including phenoxy) is 1. The largest absolute Gasteiger partial charge is 0.487 e. The molecule has 0 unspecified atom stereocenters. The molecule has 1 fully saturated rings. The first-order valence-electron chi connectivity index (χ1n) is 11.3. The zero-order valence-corrected chi connectivity index (χ0v) is 20.0. The molecule has 0 spiro atoms. The van der Waals surface area contributed by atoms with Gasteiger partial charge in [-0.05, 0) is 42.4 Å². The Labute approximate surface area is 198 Å². The van der Waals surface area contributed by atoms with Crippen molar-refractivity contribution in [2.45, 2.75) is 39.7 Å². The van der Waals surface area contributed by atoms with Crippen molar-refractivity contribution in [1.29, 1.82) is 0 Å².